The van der Waals surface area contributed by atoms with Crippen LogP contribution >= 0.6 is 11.6 Å². The third-order valence-corrected chi connectivity index (χ3v) is 8.50. The van der Waals surface area contributed by atoms with Gasteiger partial charge in [0.2, 0.25) is 0 Å². The van der Waals surface area contributed by atoms with Gasteiger partial charge < -0.3 is 28.7 Å². The number of fused-ring (bicyclic) bond motifs is 1. The van der Waals surface area contributed by atoms with E-state index in [0.29, 0.717) is 33.2 Å². The van der Waals surface area contributed by atoms with Gasteiger partial charge in [0, 0.05) is 55.0 Å². The minimum absolute atomic E-state index is 0.0247. The van der Waals surface area contributed by atoms with Crippen LogP contribution in [0.25, 0.3) is 16.8 Å². The molecule has 1 aliphatic heterocycles. The average molecular weight is 664 g/mol. The predicted molar refractivity (Wildman–Crippen MR) is 162 cm³/mol. The molecule has 1 aromatic carbocycles. The van der Waals surface area contributed by atoms with Gasteiger partial charge in [0.05, 0.1) is 36.5 Å². The normalized spacial score (nSPS) is 16.0. The number of halogens is 5. The number of ether oxygens (including phenoxy) is 2. The van der Waals surface area contributed by atoms with Crippen molar-refractivity contribution in [2.75, 3.05) is 31.8 Å². The van der Waals surface area contributed by atoms with Crippen molar-refractivity contribution in [3.8, 4) is 11.1 Å². The van der Waals surface area contributed by atoms with Crippen molar-refractivity contribution in [3.05, 3.63) is 86.4 Å². The van der Waals surface area contributed by atoms with Crippen molar-refractivity contribution in [1.82, 2.24) is 19.3 Å². The fourth-order valence-electron chi connectivity index (χ4n) is 5.56. The summed E-state index contributed by atoms with van der Waals surface area (Å²) in [5.41, 5.74) is 1.60. The molecular weight excluding hydrogens is 634 g/mol. The van der Waals surface area contributed by atoms with Crippen LogP contribution in [0.3, 0.4) is 0 Å². The second-order valence-corrected chi connectivity index (χ2v) is 11.3. The van der Waals surface area contributed by atoms with E-state index in [1.807, 2.05) is 0 Å². The number of imidazole rings is 1. The van der Waals surface area contributed by atoms with E-state index in [-0.39, 0.29) is 36.4 Å². The third-order valence-electron chi connectivity index (χ3n) is 8.12. The van der Waals surface area contributed by atoms with Crippen molar-refractivity contribution < 1.29 is 36.6 Å². The molecule has 2 atom stereocenters. The Bertz CT molecular complexity index is 1870. The van der Waals surface area contributed by atoms with Crippen LogP contribution in [-0.4, -0.2) is 71.0 Å². The van der Waals surface area contributed by atoms with Crippen LogP contribution in [0.15, 0.2) is 47.5 Å². The zero-order valence-corrected chi connectivity index (χ0v) is 26.0. The molecule has 0 unspecified atom stereocenters. The number of esters is 1. The van der Waals surface area contributed by atoms with Crippen molar-refractivity contribution in [2.45, 2.75) is 38.5 Å². The highest BCUT2D eigenvalue weighted by atomic mass is 35.5. The molecule has 46 heavy (non-hydrogen) atoms. The van der Waals surface area contributed by atoms with Crippen molar-refractivity contribution in [3.63, 3.8) is 0 Å². The van der Waals surface area contributed by atoms with Gasteiger partial charge >= 0.3 is 12.1 Å². The van der Waals surface area contributed by atoms with Gasteiger partial charge in [-0.2, -0.15) is 13.2 Å². The maximum Gasteiger partial charge on any atom is 0.411 e. The summed E-state index contributed by atoms with van der Waals surface area (Å²) in [6, 6.07) is 3.77. The fourth-order valence-corrected chi connectivity index (χ4v) is 5.80. The fraction of sp³-hybridized carbons (Fsp3) is 0.355. The number of anilines is 1. The number of carbonyl (C=O) groups is 2. The van der Waals surface area contributed by atoms with E-state index in [1.54, 1.807) is 42.8 Å². The minimum atomic E-state index is -4.62. The zero-order valence-electron chi connectivity index (χ0n) is 25.2. The third kappa shape index (κ3) is 6.18. The van der Waals surface area contributed by atoms with Crippen LogP contribution in [0, 0.1) is 19.7 Å². The van der Waals surface area contributed by atoms with Crippen LogP contribution < -0.4 is 15.8 Å². The summed E-state index contributed by atoms with van der Waals surface area (Å²) in [6.45, 7) is 2.42. The Morgan fingerprint density at radius 1 is 1.20 bits per heavy atom. The molecule has 0 bridgehead atoms. The molecule has 0 saturated carbocycles. The molecule has 3 aromatic heterocycles. The van der Waals surface area contributed by atoms with Gasteiger partial charge in [0.25, 0.3) is 11.5 Å². The number of hydrogen-bond donors (Lipinski definition) is 1. The molecule has 4 aromatic rings. The van der Waals surface area contributed by atoms with Crippen molar-refractivity contribution >= 4 is 34.8 Å². The quantitative estimate of drug-likeness (QED) is 0.231. The number of carbonyl (C=O) groups excluding carboxylic acids is 2. The highest BCUT2D eigenvalue weighted by molar-refractivity contribution is 6.31. The number of amides is 1. The number of nitrogens with zero attached hydrogens (tertiary/aromatic N) is 4. The number of morpholine rings is 1. The Hall–Kier alpha value is -4.43. The first-order chi connectivity index (χ1) is 21.7. The lowest BCUT2D eigenvalue weighted by Gasteiger charge is -2.38. The van der Waals surface area contributed by atoms with E-state index in [4.69, 9.17) is 21.1 Å². The number of aromatic nitrogens is 3. The Morgan fingerprint density at radius 2 is 1.93 bits per heavy atom. The lowest BCUT2D eigenvalue weighted by molar-refractivity contribution is -0.167. The van der Waals surface area contributed by atoms with Gasteiger partial charge in [-0.15, -0.1) is 0 Å². The number of hydrogen-bond acceptors (Lipinski definition) is 7. The number of aryl methyl sites for hydroxylation is 1. The molecule has 4 heterocycles. The smallest absolute Gasteiger partial charge is 0.411 e. The molecule has 1 amide bonds. The Labute approximate surface area is 265 Å². The topological polar surface area (TPSA) is 107 Å². The van der Waals surface area contributed by atoms with Gasteiger partial charge in [-0.3, -0.25) is 9.59 Å². The van der Waals surface area contributed by atoms with Gasteiger partial charge in [-0.25, -0.2) is 14.2 Å². The van der Waals surface area contributed by atoms with Gasteiger partial charge in [-0.05, 0) is 49.7 Å². The zero-order chi connectivity index (χ0) is 33.5. The first kappa shape index (κ1) is 32.9. The summed E-state index contributed by atoms with van der Waals surface area (Å²) in [5.74, 6) is -2.83. The highest BCUT2D eigenvalue weighted by Crippen LogP contribution is 2.33. The molecule has 0 aliphatic carbocycles. The lowest BCUT2D eigenvalue weighted by Crippen LogP contribution is -2.53. The van der Waals surface area contributed by atoms with Crippen LogP contribution in [0.5, 0.6) is 0 Å². The standard InChI is InChI=1S/C31H30ClF4N5O5/c1-16-11-19(40-9-10-46-15-25(40)31(34,35)36)12-23(33)26(16)28(42)38-24(30(44)45-4)13-18-5-6-20(27-37-7-8-41(18)27)21-14-22(32)17(2)39(3)29(21)43/h5-8,11-12,14,24-25H,9-10,13,15H2,1-4H3,(H,38,42)/t24-,25+/m0/s1. The average Bonchev–Trinajstić information content (AvgIpc) is 3.51. The summed E-state index contributed by atoms with van der Waals surface area (Å²) in [4.78, 5) is 44.6. The van der Waals surface area contributed by atoms with E-state index < -0.39 is 48.1 Å². The van der Waals surface area contributed by atoms with Crippen molar-refractivity contribution in [2.24, 2.45) is 7.05 Å². The number of nitrogens with one attached hydrogen (secondary N) is 1. The molecule has 1 saturated heterocycles. The molecule has 1 N–H and O–H groups in total. The molecule has 15 heteroatoms. The Balaban J connectivity index is 1.44. The second-order valence-electron chi connectivity index (χ2n) is 10.9. The van der Waals surface area contributed by atoms with E-state index in [2.05, 4.69) is 10.3 Å². The summed E-state index contributed by atoms with van der Waals surface area (Å²) in [7, 11) is 2.74. The monoisotopic (exact) mass is 663 g/mol. The van der Waals surface area contributed by atoms with E-state index in [9.17, 15) is 27.6 Å². The van der Waals surface area contributed by atoms with Crippen LogP contribution in [-0.2, 0) is 27.7 Å². The molecule has 244 valence electrons. The summed E-state index contributed by atoms with van der Waals surface area (Å²) >= 11 is 6.35. The maximum absolute atomic E-state index is 15.4. The van der Waals surface area contributed by atoms with Gasteiger partial charge in [0.1, 0.15) is 23.5 Å². The highest BCUT2D eigenvalue weighted by Gasteiger charge is 2.45. The first-order valence-electron chi connectivity index (χ1n) is 14.1. The largest absolute Gasteiger partial charge is 0.467 e. The van der Waals surface area contributed by atoms with Crippen LogP contribution in [0.4, 0.5) is 23.2 Å². The molecular formula is C31H30ClF4N5O5. The lowest BCUT2D eigenvalue weighted by atomic mass is 10.0. The number of alkyl halides is 3. The Morgan fingerprint density at radius 3 is 2.61 bits per heavy atom. The second kappa shape index (κ2) is 12.8. The van der Waals surface area contributed by atoms with Crippen LogP contribution in [0.1, 0.15) is 27.3 Å². The number of pyridine rings is 2. The summed E-state index contributed by atoms with van der Waals surface area (Å²) in [6.07, 6.45) is -1.60. The molecule has 0 radical (unpaired) electrons. The SMILES string of the molecule is COC(=O)[C@H](Cc1ccc(-c2cc(Cl)c(C)n(C)c2=O)c2nccn12)NC(=O)c1c(C)cc(N2CCOC[C@@H]2C(F)(F)F)cc1F. The van der Waals surface area contributed by atoms with E-state index in [1.165, 1.54) is 23.8 Å². The molecule has 5 rings (SSSR count). The molecule has 1 aliphatic rings. The van der Waals surface area contributed by atoms with Gasteiger partial charge in [-0.1, -0.05) is 11.6 Å². The number of benzene rings is 1. The van der Waals surface area contributed by atoms with Gasteiger partial charge in [0.15, 0.2) is 0 Å². The maximum atomic E-state index is 15.4. The van der Waals surface area contributed by atoms with E-state index in [0.717, 1.165) is 18.1 Å². The van der Waals surface area contributed by atoms with Crippen molar-refractivity contribution in [1.29, 1.82) is 0 Å². The first-order valence-corrected chi connectivity index (χ1v) is 14.5. The van der Waals surface area contributed by atoms with E-state index >= 15 is 4.39 Å². The molecule has 1 fully saturated rings. The Kier molecular flexibility index (Phi) is 9.14. The van der Waals surface area contributed by atoms with Crippen LogP contribution in [0.2, 0.25) is 5.02 Å². The number of methoxy groups -OCH3 is 1. The summed E-state index contributed by atoms with van der Waals surface area (Å²) in [5, 5.41) is 2.90. The minimum Gasteiger partial charge on any atom is -0.467 e. The number of rotatable bonds is 7. The molecule has 10 nitrogen and oxygen atoms in total. The summed E-state index contributed by atoms with van der Waals surface area (Å²) < 4.78 is 69.2. The molecule has 0 spiro atoms. The predicted octanol–water partition coefficient (Wildman–Crippen LogP) is 4.39.